The number of aryl methyl sites for hydroxylation is 1. The highest BCUT2D eigenvalue weighted by atomic mass is 32.2. The maximum Gasteiger partial charge on any atom is 0.264 e. The van der Waals surface area contributed by atoms with Gasteiger partial charge in [0.05, 0.1) is 10.6 Å². The number of benzene rings is 4. The minimum absolute atomic E-state index is 0.144. The van der Waals surface area contributed by atoms with Gasteiger partial charge in [0, 0.05) is 13.1 Å². The van der Waals surface area contributed by atoms with Crippen LogP contribution in [0, 0.1) is 6.92 Å². The quantitative estimate of drug-likeness (QED) is 0.319. The third kappa shape index (κ3) is 6.16. The summed E-state index contributed by atoms with van der Waals surface area (Å²) in [5.41, 5.74) is 3.41. The summed E-state index contributed by atoms with van der Waals surface area (Å²) in [6.45, 7) is 2.38. The number of carbonyl (C=O) groups is 1. The number of sulfonamides is 1. The van der Waals surface area contributed by atoms with Crippen LogP contribution in [0.15, 0.2) is 120 Å². The Balaban J connectivity index is 1.68. The van der Waals surface area contributed by atoms with E-state index in [9.17, 15) is 13.2 Å². The van der Waals surface area contributed by atoms with Gasteiger partial charge in [-0.1, -0.05) is 96.6 Å². The molecule has 178 valence electrons. The van der Waals surface area contributed by atoms with Gasteiger partial charge in [0.15, 0.2) is 0 Å². The molecule has 0 unspecified atom stereocenters. The maximum absolute atomic E-state index is 13.7. The second-order valence-electron chi connectivity index (χ2n) is 8.38. The van der Waals surface area contributed by atoms with Crippen LogP contribution < -0.4 is 4.31 Å². The molecule has 0 bridgehead atoms. The SMILES string of the molecule is Cc1ccc(N(CC(=O)N(Cc2ccccc2)Cc2ccccc2)S(=O)(=O)c2ccccc2)cc1. The van der Waals surface area contributed by atoms with Crippen molar-refractivity contribution in [3.05, 3.63) is 132 Å². The predicted molar refractivity (Wildman–Crippen MR) is 139 cm³/mol. The second kappa shape index (κ2) is 11.0. The number of rotatable bonds is 9. The van der Waals surface area contributed by atoms with E-state index in [0.29, 0.717) is 18.8 Å². The smallest absolute Gasteiger partial charge is 0.264 e. The summed E-state index contributed by atoms with van der Waals surface area (Å²) in [4.78, 5) is 15.5. The molecule has 0 aliphatic rings. The average molecular weight is 485 g/mol. The number of hydrogen-bond acceptors (Lipinski definition) is 3. The molecular weight excluding hydrogens is 456 g/mol. The second-order valence-corrected chi connectivity index (χ2v) is 10.2. The molecule has 0 aromatic heterocycles. The van der Waals surface area contributed by atoms with Crippen molar-refractivity contribution in [3.63, 3.8) is 0 Å². The van der Waals surface area contributed by atoms with Crippen LogP contribution in [0.4, 0.5) is 5.69 Å². The van der Waals surface area contributed by atoms with Crippen molar-refractivity contribution in [2.75, 3.05) is 10.8 Å². The standard InChI is InChI=1S/C29H28N2O3S/c1-24-17-19-27(20-18-24)31(35(33,34)28-15-9-4-10-16-28)23-29(32)30(21-25-11-5-2-6-12-25)22-26-13-7-3-8-14-26/h2-20H,21-23H2,1H3. The highest BCUT2D eigenvalue weighted by molar-refractivity contribution is 7.92. The van der Waals surface area contributed by atoms with Crippen LogP contribution >= 0.6 is 0 Å². The van der Waals surface area contributed by atoms with Crippen LogP contribution in [0.3, 0.4) is 0 Å². The third-order valence-electron chi connectivity index (χ3n) is 5.72. The van der Waals surface area contributed by atoms with E-state index in [1.165, 1.54) is 4.31 Å². The minimum atomic E-state index is -3.96. The lowest BCUT2D eigenvalue weighted by atomic mass is 10.1. The van der Waals surface area contributed by atoms with Gasteiger partial charge >= 0.3 is 0 Å². The van der Waals surface area contributed by atoms with Gasteiger partial charge in [0.25, 0.3) is 10.0 Å². The molecule has 1 amide bonds. The molecule has 0 spiro atoms. The molecule has 0 aliphatic carbocycles. The van der Waals surface area contributed by atoms with Crippen molar-refractivity contribution < 1.29 is 13.2 Å². The summed E-state index contributed by atoms with van der Waals surface area (Å²) >= 11 is 0. The lowest BCUT2D eigenvalue weighted by molar-refractivity contribution is -0.130. The largest absolute Gasteiger partial charge is 0.332 e. The number of carbonyl (C=O) groups excluding carboxylic acids is 1. The number of hydrogen-bond donors (Lipinski definition) is 0. The Kier molecular flexibility index (Phi) is 7.63. The van der Waals surface area contributed by atoms with Crippen LogP contribution in [0.2, 0.25) is 0 Å². The van der Waals surface area contributed by atoms with Gasteiger partial charge in [-0.25, -0.2) is 8.42 Å². The zero-order chi connectivity index (χ0) is 24.7. The molecule has 6 heteroatoms. The summed E-state index contributed by atoms with van der Waals surface area (Å²) in [5, 5.41) is 0. The Morgan fingerprint density at radius 3 is 1.60 bits per heavy atom. The minimum Gasteiger partial charge on any atom is -0.332 e. The molecule has 0 fully saturated rings. The molecule has 0 heterocycles. The topological polar surface area (TPSA) is 57.7 Å². The van der Waals surface area contributed by atoms with Gasteiger partial charge in [-0.05, 0) is 42.3 Å². The molecule has 0 saturated heterocycles. The van der Waals surface area contributed by atoms with Crippen molar-refractivity contribution in [2.24, 2.45) is 0 Å². The predicted octanol–water partition coefficient (Wildman–Crippen LogP) is 5.42. The van der Waals surface area contributed by atoms with E-state index in [-0.39, 0.29) is 17.3 Å². The van der Waals surface area contributed by atoms with Crippen LogP contribution in [0.5, 0.6) is 0 Å². The molecule has 35 heavy (non-hydrogen) atoms. The maximum atomic E-state index is 13.7. The van der Waals surface area contributed by atoms with Gasteiger partial charge < -0.3 is 4.90 Å². The molecular formula is C29H28N2O3S. The Morgan fingerprint density at radius 2 is 1.11 bits per heavy atom. The van der Waals surface area contributed by atoms with E-state index < -0.39 is 10.0 Å². The van der Waals surface area contributed by atoms with Gasteiger partial charge in [0.2, 0.25) is 5.91 Å². The lowest BCUT2D eigenvalue weighted by Crippen LogP contribution is -2.42. The van der Waals surface area contributed by atoms with Crippen molar-refractivity contribution in [1.82, 2.24) is 4.90 Å². The van der Waals surface area contributed by atoms with Crippen molar-refractivity contribution in [3.8, 4) is 0 Å². The zero-order valence-electron chi connectivity index (χ0n) is 19.6. The highest BCUT2D eigenvalue weighted by Crippen LogP contribution is 2.25. The number of anilines is 1. The molecule has 4 aromatic rings. The summed E-state index contributed by atoms with van der Waals surface area (Å²) in [6, 6.07) is 34.8. The molecule has 4 rings (SSSR count). The van der Waals surface area contributed by atoms with E-state index in [1.54, 1.807) is 47.4 Å². The third-order valence-corrected chi connectivity index (χ3v) is 7.51. The van der Waals surface area contributed by atoms with Crippen LogP contribution in [-0.4, -0.2) is 25.8 Å². The molecule has 4 aromatic carbocycles. The fraction of sp³-hybridized carbons (Fsp3) is 0.138. The Morgan fingerprint density at radius 1 is 0.657 bits per heavy atom. The molecule has 5 nitrogen and oxygen atoms in total. The fourth-order valence-corrected chi connectivity index (χ4v) is 5.24. The first kappa shape index (κ1) is 24.2. The summed E-state index contributed by atoms with van der Waals surface area (Å²) in [7, 11) is -3.96. The van der Waals surface area contributed by atoms with E-state index in [4.69, 9.17) is 0 Å². The van der Waals surface area contributed by atoms with E-state index in [1.807, 2.05) is 79.7 Å². The molecule has 0 N–H and O–H groups in total. The van der Waals surface area contributed by atoms with E-state index >= 15 is 0 Å². The monoisotopic (exact) mass is 484 g/mol. The fourth-order valence-electron chi connectivity index (χ4n) is 3.81. The number of nitrogens with zero attached hydrogens (tertiary/aromatic N) is 2. The van der Waals surface area contributed by atoms with Crippen LogP contribution in [0.25, 0.3) is 0 Å². The first-order valence-corrected chi connectivity index (χ1v) is 12.9. The Labute approximate surface area is 207 Å². The highest BCUT2D eigenvalue weighted by Gasteiger charge is 2.29. The molecule has 0 saturated carbocycles. The van der Waals surface area contributed by atoms with Crippen molar-refractivity contribution in [1.29, 1.82) is 0 Å². The van der Waals surface area contributed by atoms with Crippen molar-refractivity contribution in [2.45, 2.75) is 24.9 Å². The van der Waals surface area contributed by atoms with Gasteiger partial charge in [-0.3, -0.25) is 9.10 Å². The summed E-state index contributed by atoms with van der Waals surface area (Å²) in [5.74, 6) is -0.280. The van der Waals surface area contributed by atoms with Crippen LogP contribution in [-0.2, 0) is 27.9 Å². The van der Waals surface area contributed by atoms with Gasteiger partial charge in [0.1, 0.15) is 6.54 Å². The molecule has 0 atom stereocenters. The number of amides is 1. The zero-order valence-corrected chi connectivity index (χ0v) is 20.4. The van der Waals surface area contributed by atoms with Crippen molar-refractivity contribution >= 4 is 21.6 Å². The Hall–Kier alpha value is -3.90. The molecule has 0 aliphatic heterocycles. The molecule has 0 radical (unpaired) electrons. The van der Waals surface area contributed by atoms with E-state index in [0.717, 1.165) is 16.7 Å². The van der Waals surface area contributed by atoms with Gasteiger partial charge in [-0.2, -0.15) is 0 Å². The Bertz CT molecular complexity index is 1300. The summed E-state index contributed by atoms with van der Waals surface area (Å²) in [6.07, 6.45) is 0. The normalized spacial score (nSPS) is 11.1. The first-order valence-electron chi connectivity index (χ1n) is 11.4. The lowest BCUT2D eigenvalue weighted by Gasteiger charge is -2.29. The average Bonchev–Trinajstić information content (AvgIpc) is 2.89. The van der Waals surface area contributed by atoms with Crippen LogP contribution in [0.1, 0.15) is 16.7 Å². The van der Waals surface area contributed by atoms with E-state index in [2.05, 4.69) is 0 Å². The summed E-state index contributed by atoms with van der Waals surface area (Å²) < 4.78 is 28.5. The first-order chi connectivity index (χ1) is 16.9. The van der Waals surface area contributed by atoms with Gasteiger partial charge in [-0.15, -0.1) is 0 Å².